The van der Waals surface area contributed by atoms with Crippen LogP contribution < -0.4 is 15.0 Å². The Morgan fingerprint density at radius 2 is 1.74 bits per heavy atom. The summed E-state index contributed by atoms with van der Waals surface area (Å²) >= 11 is 0. The Hall–Kier alpha value is -2.07. The third-order valence-corrected chi connectivity index (χ3v) is 4.35. The van der Waals surface area contributed by atoms with Crippen molar-refractivity contribution < 1.29 is 4.74 Å². The lowest BCUT2D eigenvalue weighted by atomic mass is 10.1. The molecule has 2 aromatic rings. The van der Waals surface area contributed by atoms with E-state index in [1.54, 1.807) is 7.11 Å². The van der Waals surface area contributed by atoms with Crippen molar-refractivity contribution in [3.63, 3.8) is 0 Å². The number of pyridine rings is 1. The molecule has 0 aliphatic carbocycles. The maximum atomic E-state index is 5.63. The first-order chi connectivity index (χ1) is 11.4. The van der Waals surface area contributed by atoms with Gasteiger partial charge in [-0.2, -0.15) is 0 Å². The zero-order chi connectivity index (χ0) is 15.9. The van der Waals surface area contributed by atoms with Gasteiger partial charge in [-0.1, -0.05) is 6.07 Å². The molecule has 0 unspecified atom stereocenters. The van der Waals surface area contributed by atoms with E-state index in [2.05, 4.69) is 33.4 Å². The maximum Gasteiger partial charge on any atom is 0.142 e. The van der Waals surface area contributed by atoms with Gasteiger partial charge in [0.15, 0.2) is 0 Å². The molecule has 1 N–H and O–H groups in total. The molecule has 122 valence electrons. The second-order valence-electron chi connectivity index (χ2n) is 6.01. The number of methoxy groups -OCH3 is 1. The smallest absolute Gasteiger partial charge is 0.142 e. The van der Waals surface area contributed by atoms with Crippen LogP contribution in [0.3, 0.4) is 0 Å². The summed E-state index contributed by atoms with van der Waals surface area (Å²) in [5.41, 5.74) is 3.72. The fraction of sp³-hybridized carbons (Fsp3) is 0.421. The first kappa shape index (κ1) is 15.8. The molecule has 23 heavy (non-hydrogen) atoms. The minimum absolute atomic E-state index is 0.832. The molecule has 1 aromatic heterocycles. The van der Waals surface area contributed by atoms with E-state index in [0.717, 1.165) is 31.9 Å². The number of nitrogens with one attached hydrogen (secondary N) is 1. The fourth-order valence-corrected chi connectivity index (χ4v) is 3.08. The number of anilines is 1. The van der Waals surface area contributed by atoms with Crippen molar-refractivity contribution in [3.8, 4) is 5.75 Å². The molecule has 1 saturated heterocycles. The van der Waals surface area contributed by atoms with Crippen LogP contribution in [0.5, 0.6) is 5.75 Å². The first-order valence-electron chi connectivity index (χ1n) is 8.38. The van der Waals surface area contributed by atoms with Gasteiger partial charge in [-0.05, 0) is 54.7 Å². The highest BCUT2D eigenvalue weighted by atomic mass is 16.5. The van der Waals surface area contributed by atoms with Crippen LogP contribution in [0, 0.1) is 0 Å². The molecule has 1 fully saturated rings. The van der Waals surface area contributed by atoms with Crippen LogP contribution in [0.4, 0.5) is 5.69 Å². The number of hydrogen-bond donors (Lipinski definition) is 1. The standard InChI is InChI=1S/C19H25N3O/c1-23-19-13-17(15-21-14-16-7-9-20-10-8-16)5-6-18(19)22-11-3-2-4-12-22/h5-10,13,21H,2-4,11-12,14-15H2,1H3. The molecule has 1 aromatic carbocycles. The number of ether oxygens (including phenoxy) is 1. The second-order valence-corrected chi connectivity index (χ2v) is 6.01. The van der Waals surface area contributed by atoms with Crippen LogP contribution >= 0.6 is 0 Å². The van der Waals surface area contributed by atoms with Gasteiger partial charge in [0.25, 0.3) is 0 Å². The number of benzene rings is 1. The highest BCUT2D eigenvalue weighted by Gasteiger charge is 2.15. The van der Waals surface area contributed by atoms with Crippen molar-refractivity contribution in [2.24, 2.45) is 0 Å². The largest absolute Gasteiger partial charge is 0.495 e. The van der Waals surface area contributed by atoms with Gasteiger partial charge in [0.2, 0.25) is 0 Å². The lowest BCUT2D eigenvalue weighted by molar-refractivity contribution is 0.412. The molecule has 0 bridgehead atoms. The molecule has 0 spiro atoms. The van der Waals surface area contributed by atoms with Gasteiger partial charge in [0, 0.05) is 38.6 Å². The SMILES string of the molecule is COc1cc(CNCc2ccncc2)ccc1N1CCCCC1. The van der Waals surface area contributed by atoms with Crippen LogP contribution in [0.2, 0.25) is 0 Å². The molecule has 0 amide bonds. The molecule has 0 radical (unpaired) electrons. The Kier molecular flexibility index (Phi) is 5.48. The van der Waals surface area contributed by atoms with Crippen LogP contribution in [-0.4, -0.2) is 25.2 Å². The van der Waals surface area contributed by atoms with E-state index < -0.39 is 0 Å². The number of rotatable bonds is 6. The molecule has 0 atom stereocenters. The van der Waals surface area contributed by atoms with Crippen LogP contribution in [-0.2, 0) is 13.1 Å². The van der Waals surface area contributed by atoms with E-state index in [1.165, 1.54) is 36.1 Å². The van der Waals surface area contributed by atoms with Crippen molar-refractivity contribution in [3.05, 3.63) is 53.9 Å². The maximum absolute atomic E-state index is 5.63. The van der Waals surface area contributed by atoms with E-state index >= 15 is 0 Å². The molecular weight excluding hydrogens is 286 g/mol. The van der Waals surface area contributed by atoms with Crippen molar-refractivity contribution in [1.29, 1.82) is 0 Å². The Balaban J connectivity index is 1.62. The zero-order valence-electron chi connectivity index (χ0n) is 13.8. The monoisotopic (exact) mass is 311 g/mol. The van der Waals surface area contributed by atoms with Crippen molar-refractivity contribution >= 4 is 5.69 Å². The van der Waals surface area contributed by atoms with Crippen LogP contribution in [0.25, 0.3) is 0 Å². The number of nitrogens with zero attached hydrogens (tertiary/aromatic N) is 2. The topological polar surface area (TPSA) is 37.4 Å². The number of piperidine rings is 1. The Morgan fingerprint density at radius 1 is 1.00 bits per heavy atom. The molecule has 4 nitrogen and oxygen atoms in total. The van der Waals surface area contributed by atoms with Gasteiger partial charge in [-0.15, -0.1) is 0 Å². The second kappa shape index (κ2) is 7.97. The average molecular weight is 311 g/mol. The highest BCUT2D eigenvalue weighted by Crippen LogP contribution is 2.31. The molecule has 1 aliphatic rings. The van der Waals surface area contributed by atoms with Gasteiger partial charge in [-0.25, -0.2) is 0 Å². The summed E-state index contributed by atoms with van der Waals surface area (Å²) in [5, 5.41) is 3.47. The third-order valence-electron chi connectivity index (χ3n) is 4.35. The predicted octanol–water partition coefficient (Wildman–Crippen LogP) is 3.37. The molecule has 0 saturated carbocycles. The molecule has 3 rings (SSSR count). The summed E-state index contributed by atoms with van der Waals surface area (Å²) in [6, 6.07) is 10.6. The Bertz CT molecular complexity index is 609. The Morgan fingerprint density at radius 3 is 2.48 bits per heavy atom. The highest BCUT2D eigenvalue weighted by molar-refractivity contribution is 5.60. The summed E-state index contributed by atoms with van der Waals surface area (Å²) in [5.74, 6) is 0.982. The minimum Gasteiger partial charge on any atom is -0.495 e. The predicted molar refractivity (Wildman–Crippen MR) is 93.8 cm³/mol. The van der Waals surface area contributed by atoms with E-state index in [-0.39, 0.29) is 0 Å². The van der Waals surface area contributed by atoms with Gasteiger partial charge in [0.05, 0.1) is 12.8 Å². The minimum atomic E-state index is 0.832. The normalized spacial score (nSPS) is 14.7. The van der Waals surface area contributed by atoms with Crippen molar-refractivity contribution in [2.75, 3.05) is 25.1 Å². The van der Waals surface area contributed by atoms with Gasteiger partial charge in [-0.3, -0.25) is 4.98 Å². The van der Waals surface area contributed by atoms with E-state index in [9.17, 15) is 0 Å². The molecule has 2 heterocycles. The molecule has 4 heteroatoms. The lowest BCUT2D eigenvalue weighted by Crippen LogP contribution is -2.29. The number of hydrogen-bond acceptors (Lipinski definition) is 4. The van der Waals surface area contributed by atoms with E-state index in [0.29, 0.717) is 0 Å². The third kappa shape index (κ3) is 4.23. The quantitative estimate of drug-likeness (QED) is 0.887. The van der Waals surface area contributed by atoms with Gasteiger partial charge < -0.3 is 15.0 Å². The molecule has 1 aliphatic heterocycles. The van der Waals surface area contributed by atoms with Crippen molar-refractivity contribution in [2.45, 2.75) is 32.4 Å². The fourth-order valence-electron chi connectivity index (χ4n) is 3.08. The first-order valence-corrected chi connectivity index (χ1v) is 8.38. The summed E-state index contributed by atoms with van der Waals surface area (Å²) in [4.78, 5) is 6.48. The van der Waals surface area contributed by atoms with Gasteiger partial charge in [0.1, 0.15) is 5.75 Å². The summed E-state index contributed by atoms with van der Waals surface area (Å²) < 4.78 is 5.63. The summed E-state index contributed by atoms with van der Waals surface area (Å²) in [6.07, 6.45) is 7.55. The van der Waals surface area contributed by atoms with E-state index in [1.807, 2.05) is 24.5 Å². The van der Waals surface area contributed by atoms with Crippen molar-refractivity contribution in [1.82, 2.24) is 10.3 Å². The number of aromatic nitrogens is 1. The van der Waals surface area contributed by atoms with Crippen LogP contribution in [0.1, 0.15) is 30.4 Å². The lowest BCUT2D eigenvalue weighted by Gasteiger charge is -2.30. The van der Waals surface area contributed by atoms with E-state index in [4.69, 9.17) is 4.74 Å². The summed E-state index contributed by atoms with van der Waals surface area (Å²) in [6.45, 7) is 3.95. The average Bonchev–Trinajstić information content (AvgIpc) is 2.63. The van der Waals surface area contributed by atoms with Crippen LogP contribution in [0.15, 0.2) is 42.7 Å². The zero-order valence-corrected chi connectivity index (χ0v) is 13.8. The van der Waals surface area contributed by atoms with Gasteiger partial charge >= 0.3 is 0 Å². The molecular formula is C19H25N3O. The summed E-state index contributed by atoms with van der Waals surface area (Å²) in [7, 11) is 1.76. The Labute approximate surface area is 138 Å².